The quantitative estimate of drug-likeness (QED) is 0.306. The third-order valence-corrected chi connectivity index (χ3v) is 8.87. The van der Waals surface area contributed by atoms with Crippen LogP contribution in [0.25, 0.3) is 0 Å². The summed E-state index contributed by atoms with van der Waals surface area (Å²) in [4.78, 5) is 12.1. The normalized spacial score (nSPS) is 13.5. The van der Waals surface area contributed by atoms with Gasteiger partial charge in [-0.1, -0.05) is 57.9 Å². The van der Waals surface area contributed by atoms with Crippen molar-refractivity contribution in [1.82, 2.24) is 10.6 Å². The Bertz CT molecular complexity index is 1070. The van der Waals surface area contributed by atoms with Crippen LogP contribution in [-0.2, 0) is 27.6 Å². The number of carbonyl (C=O) groups is 1. The highest BCUT2D eigenvalue weighted by molar-refractivity contribution is 7.92. The number of rotatable bonds is 15. The van der Waals surface area contributed by atoms with Crippen molar-refractivity contribution in [2.75, 3.05) is 6.54 Å². The van der Waals surface area contributed by atoms with Gasteiger partial charge in [-0.2, -0.15) is 0 Å². The summed E-state index contributed by atoms with van der Waals surface area (Å²) < 4.78 is 56.3. The second-order valence-electron chi connectivity index (χ2n) is 9.18. The lowest BCUT2D eigenvalue weighted by Gasteiger charge is -2.31. The molecule has 2 atom stereocenters. The Balaban J connectivity index is 2.38. The first-order valence-electron chi connectivity index (χ1n) is 12.7. The lowest BCUT2D eigenvalue weighted by molar-refractivity contribution is -0.119. The van der Waals surface area contributed by atoms with Gasteiger partial charge in [0.2, 0.25) is 5.91 Å². The fourth-order valence-corrected chi connectivity index (χ4v) is 7.19. The first-order chi connectivity index (χ1) is 17.1. The minimum Gasteiger partial charge on any atom is -0.352 e. The van der Waals surface area contributed by atoms with Crippen molar-refractivity contribution in [3.8, 4) is 0 Å². The number of benzene rings is 2. The molecular formula is C28H39F2N2O3S. The molecule has 0 bridgehead atoms. The van der Waals surface area contributed by atoms with Crippen LogP contribution >= 0.6 is 0 Å². The molecule has 0 saturated carbocycles. The summed E-state index contributed by atoms with van der Waals surface area (Å²) in [6.45, 7) is 8.04. The first-order valence-corrected chi connectivity index (χ1v) is 14.3. The molecule has 1 unspecified atom stereocenters. The second kappa shape index (κ2) is 14.4. The van der Waals surface area contributed by atoms with Crippen LogP contribution < -0.4 is 10.6 Å². The van der Waals surface area contributed by atoms with Gasteiger partial charge in [-0.25, -0.2) is 17.2 Å². The molecule has 0 aliphatic rings. The molecule has 0 aromatic heterocycles. The maximum atomic E-state index is 14.2. The minimum atomic E-state index is -3.92. The van der Waals surface area contributed by atoms with Crippen molar-refractivity contribution in [2.24, 2.45) is 0 Å². The van der Waals surface area contributed by atoms with E-state index in [1.54, 1.807) is 6.42 Å². The third kappa shape index (κ3) is 8.66. The zero-order chi connectivity index (χ0) is 26.7. The van der Waals surface area contributed by atoms with Crippen LogP contribution in [0, 0.1) is 18.1 Å². The highest BCUT2D eigenvalue weighted by Gasteiger charge is 2.40. The van der Waals surface area contributed by atoms with E-state index in [1.165, 1.54) is 12.5 Å². The van der Waals surface area contributed by atoms with Crippen LogP contribution in [-0.4, -0.2) is 32.2 Å². The summed E-state index contributed by atoms with van der Waals surface area (Å²) in [6, 6.07) is 9.98. The van der Waals surface area contributed by atoms with E-state index >= 15 is 0 Å². The Morgan fingerprint density at radius 2 is 1.58 bits per heavy atom. The van der Waals surface area contributed by atoms with Gasteiger partial charge in [-0.05, 0) is 54.5 Å². The maximum absolute atomic E-state index is 14.2. The molecule has 0 fully saturated rings. The highest BCUT2D eigenvalue weighted by Crippen LogP contribution is 2.34. The minimum absolute atomic E-state index is 0.00430. The molecular weight excluding hydrogens is 482 g/mol. The van der Waals surface area contributed by atoms with Gasteiger partial charge in [0.15, 0.2) is 9.84 Å². The van der Waals surface area contributed by atoms with Crippen molar-refractivity contribution in [2.45, 2.75) is 82.9 Å². The van der Waals surface area contributed by atoms with Gasteiger partial charge < -0.3 is 10.6 Å². The zero-order valence-electron chi connectivity index (χ0n) is 21.7. The molecule has 0 spiro atoms. The fraction of sp³-hybridized carbons (Fsp3) is 0.500. The Hall–Kier alpha value is -2.32. The third-order valence-electron chi connectivity index (χ3n) is 6.19. The fourth-order valence-electron chi connectivity index (χ4n) is 4.54. The number of nitrogens with one attached hydrogen (secondary N) is 2. The van der Waals surface area contributed by atoms with Crippen molar-refractivity contribution < 1.29 is 22.0 Å². The monoisotopic (exact) mass is 521 g/mol. The Kier molecular flexibility index (Phi) is 12.0. The number of sulfone groups is 1. The molecule has 0 aliphatic carbocycles. The van der Waals surface area contributed by atoms with E-state index in [9.17, 15) is 22.0 Å². The van der Waals surface area contributed by atoms with Gasteiger partial charge in [0.1, 0.15) is 16.9 Å². The van der Waals surface area contributed by atoms with Crippen LogP contribution in [0.2, 0.25) is 0 Å². The molecule has 1 radical (unpaired) electrons. The van der Waals surface area contributed by atoms with Gasteiger partial charge in [0, 0.05) is 26.1 Å². The van der Waals surface area contributed by atoms with E-state index in [0.717, 1.165) is 24.1 Å². The van der Waals surface area contributed by atoms with E-state index < -0.39 is 43.9 Å². The number of hydrogen-bond acceptors (Lipinski definition) is 4. The molecule has 0 aliphatic heterocycles. The SMILES string of the molecule is CCCC(CCC)S(=O)(=O)C(c1cc(F)cc(F)c1)[C@H]([CH]CNCc1cccc(CC)c1)NC(C)=O. The van der Waals surface area contributed by atoms with Crippen molar-refractivity contribution in [3.63, 3.8) is 0 Å². The second-order valence-corrected chi connectivity index (χ2v) is 11.5. The number of halogens is 2. The average Bonchev–Trinajstić information content (AvgIpc) is 2.80. The lowest BCUT2D eigenvalue weighted by Crippen LogP contribution is -2.45. The molecule has 2 aromatic rings. The van der Waals surface area contributed by atoms with Crippen LogP contribution in [0.1, 0.15) is 75.3 Å². The van der Waals surface area contributed by atoms with Gasteiger partial charge in [-0.3, -0.25) is 4.79 Å². The van der Waals surface area contributed by atoms with Gasteiger partial charge in [0.25, 0.3) is 0 Å². The van der Waals surface area contributed by atoms with Crippen LogP contribution in [0.5, 0.6) is 0 Å². The Labute approximate surface area is 215 Å². The van der Waals surface area contributed by atoms with Crippen LogP contribution in [0.15, 0.2) is 42.5 Å². The summed E-state index contributed by atoms with van der Waals surface area (Å²) >= 11 is 0. The van der Waals surface area contributed by atoms with Crippen molar-refractivity contribution >= 4 is 15.7 Å². The van der Waals surface area contributed by atoms with E-state index in [0.29, 0.717) is 38.3 Å². The summed E-state index contributed by atoms with van der Waals surface area (Å²) in [7, 11) is -3.92. The molecule has 2 N–H and O–H groups in total. The van der Waals surface area contributed by atoms with Crippen LogP contribution in [0.3, 0.4) is 0 Å². The van der Waals surface area contributed by atoms with Crippen LogP contribution in [0.4, 0.5) is 8.78 Å². The largest absolute Gasteiger partial charge is 0.352 e. The molecule has 0 saturated heterocycles. The molecule has 8 heteroatoms. The average molecular weight is 522 g/mol. The number of hydrogen-bond donors (Lipinski definition) is 2. The lowest BCUT2D eigenvalue weighted by atomic mass is 10.0. The Morgan fingerprint density at radius 1 is 0.972 bits per heavy atom. The number of amides is 1. The molecule has 2 aromatic carbocycles. The number of aryl methyl sites for hydroxylation is 1. The summed E-state index contributed by atoms with van der Waals surface area (Å²) in [5.74, 6) is -2.14. The highest BCUT2D eigenvalue weighted by atomic mass is 32.2. The van der Waals surface area contributed by atoms with E-state index in [1.807, 2.05) is 26.0 Å². The van der Waals surface area contributed by atoms with Crippen molar-refractivity contribution in [3.05, 3.63) is 77.2 Å². The van der Waals surface area contributed by atoms with E-state index in [4.69, 9.17) is 0 Å². The smallest absolute Gasteiger partial charge is 0.217 e. The summed E-state index contributed by atoms with van der Waals surface area (Å²) in [5.41, 5.74) is 2.29. The van der Waals surface area contributed by atoms with Gasteiger partial charge in [-0.15, -0.1) is 0 Å². The molecule has 36 heavy (non-hydrogen) atoms. The Morgan fingerprint density at radius 3 is 2.14 bits per heavy atom. The maximum Gasteiger partial charge on any atom is 0.217 e. The summed E-state index contributed by atoms with van der Waals surface area (Å²) in [5, 5.41) is 3.99. The van der Waals surface area contributed by atoms with Gasteiger partial charge in [0.05, 0.1) is 11.3 Å². The molecule has 1 amide bonds. The molecule has 0 heterocycles. The predicted octanol–water partition coefficient (Wildman–Crippen LogP) is 5.45. The van der Waals surface area contributed by atoms with Crippen molar-refractivity contribution in [1.29, 1.82) is 0 Å². The zero-order valence-corrected chi connectivity index (χ0v) is 22.5. The standard InChI is InChI=1S/C28H39F2N2O3S/c1-5-9-26(10-6-2)36(34,35)28(23-16-24(29)18-25(30)17-23)27(32-20(4)33)13-14-31-19-22-12-8-11-21(7-3)15-22/h8,11-13,15-18,26-28,31H,5-7,9-10,14,19H2,1-4H3,(H,32,33)/t27-,28?/m0/s1. The van der Waals surface area contributed by atoms with Gasteiger partial charge >= 0.3 is 0 Å². The number of carbonyl (C=O) groups excluding carboxylic acids is 1. The molecule has 199 valence electrons. The molecule has 5 nitrogen and oxygen atoms in total. The topological polar surface area (TPSA) is 75.3 Å². The predicted molar refractivity (Wildman–Crippen MR) is 141 cm³/mol. The van der Waals surface area contributed by atoms with E-state index in [2.05, 4.69) is 29.7 Å². The van der Waals surface area contributed by atoms with E-state index in [-0.39, 0.29) is 12.1 Å². The first kappa shape index (κ1) is 29.9. The molecule has 2 rings (SSSR count). The summed E-state index contributed by atoms with van der Waals surface area (Å²) in [6.07, 6.45) is 4.77.